The number of hydrogen-bond donors (Lipinski definition) is 4. The van der Waals surface area contributed by atoms with E-state index in [4.69, 9.17) is 0 Å². The van der Waals surface area contributed by atoms with Gasteiger partial charge < -0.3 is 10.2 Å². The molecule has 0 saturated carbocycles. The number of aliphatic hydroxyl groups is 2. The van der Waals surface area contributed by atoms with Gasteiger partial charge in [0, 0.05) is 11.6 Å². The molecule has 0 bridgehead atoms. The Bertz CT molecular complexity index is 366. The zero-order valence-corrected chi connectivity index (χ0v) is 9.96. The zero-order chi connectivity index (χ0) is 12.6. The summed E-state index contributed by atoms with van der Waals surface area (Å²) in [4.78, 5) is 11.6. The zero-order valence-electron chi connectivity index (χ0n) is 9.96. The molecule has 0 heterocycles. The summed E-state index contributed by atoms with van der Waals surface area (Å²) in [7, 11) is 1.55. The predicted molar refractivity (Wildman–Crippen MR) is 60.4 cm³/mol. The van der Waals surface area contributed by atoms with E-state index in [0.29, 0.717) is 5.57 Å². The molecule has 0 aromatic rings. The molecule has 5 heteroatoms. The van der Waals surface area contributed by atoms with E-state index in [0.717, 1.165) is 6.08 Å². The van der Waals surface area contributed by atoms with Gasteiger partial charge in [-0.25, -0.2) is 5.43 Å². The molecule has 0 radical (unpaired) electrons. The van der Waals surface area contributed by atoms with Crippen molar-refractivity contribution in [2.75, 3.05) is 7.05 Å². The standard InChI is InChI=1S/C11H18N2O3/c1-10(2,3)7-6-11(16,13-12-4)9(15)5-8(7)14/h5-6,12-14,16H,1-4H3. The summed E-state index contributed by atoms with van der Waals surface area (Å²) >= 11 is 0. The van der Waals surface area contributed by atoms with Crippen LogP contribution in [0.2, 0.25) is 0 Å². The predicted octanol–water partition coefficient (Wildman–Crippen LogP) is 0.396. The maximum absolute atomic E-state index is 11.6. The van der Waals surface area contributed by atoms with Crippen LogP contribution in [0, 0.1) is 5.41 Å². The lowest BCUT2D eigenvalue weighted by atomic mass is 9.80. The van der Waals surface area contributed by atoms with Gasteiger partial charge in [-0.2, -0.15) is 0 Å². The van der Waals surface area contributed by atoms with Gasteiger partial charge in [0.1, 0.15) is 5.76 Å². The number of carbonyl (C=O) groups excluding carboxylic acids is 1. The molecule has 0 aromatic heterocycles. The summed E-state index contributed by atoms with van der Waals surface area (Å²) in [6.07, 6.45) is 2.37. The molecule has 4 N–H and O–H groups in total. The fourth-order valence-corrected chi connectivity index (χ4v) is 1.55. The van der Waals surface area contributed by atoms with Gasteiger partial charge in [0.05, 0.1) is 0 Å². The van der Waals surface area contributed by atoms with Gasteiger partial charge in [0.15, 0.2) is 0 Å². The Morgan fingerprint density at radius 2 is 1.94 bits per heavy atom. The Balaban J connectivity index is 3.19. The smallest absolute Gasteiger partial charge is 0.212 e. The first-order chi connectivity index (χ1) is 7.20. The van der Waals surface area contributed by atoms with E-state index in [2.05, 4.69) is 10.9 Å². The highest BCUT2D eigenvalue weighted by Gasteiger charge is 2.38. The minimum Gasteiger partial charge on any atom is -0.508 e. The molecule has 0 aliphatic heterocycles. The maximum Gasteiger partial charge on any atom is 0.212 e. The van der Waals surface area contributed by atoms with E-state index in [9.17, 15) is 15.0 Å². The van der Waals surface area contributed by atoms with Crippen LogP contribution in [-0.4, -0.2) is 28.8 Å². The molecule has 0 fully saturated rings. The van der Waals surface area contributed by atoms with E-state index >= 15 is 0 Å². The highest BCUT2D eigenvalue weighted by Crippen LogP contribution is 2.34. The van der Waals surface area contributed by atoms with Crippen molar-refractivity contribution >= 4 is 5.78 Å². The van der Waals surface area contributed by atoms with E-state index in [-0.39, 0.29) is 11.2 Å². The molecule has 1 rings (SSSR count). The highest BCUT2D eigenvalue weighted by molar-refractivity contribution is 6.00. The van der Waals surface area contributed by atoms with Gasteiger partial charge >= 0.3 is 0 Å². The third-order valence-electron chi connectivity index (χ3n) is 2.40. The number of hydrazine groups is 1. The van der Waals surface area contributed by atoms with Crippen LogP contribution in [-0.2, 0) is 4.79 Å². The van der Waals surface area contributed by atoms with Crippen molar-refractivity contribution in [1.82, 2.24) is 10.9 Å². The minimum atomic E-state index is -1.80. The van der Waals surface area contributed by atoms with Crippen LogP contribution < -0.4 is 10.9 Å². The second kappa shape index (κ2) is 4.01. The lowest BCUT2D eigenvalue weighted by Crippen LogP contribution is -2.56. The van der Waals surface area contributed by atoms with Gasteiger partial charge in [-0.1, -0.05) is 20.8 Å². The molecule has 0 amide bonds. The quantitative estimate of drug-likeness (QED) is 0.405. The fourth-order valence-electron chi connectivity index (χ4n) is 1.55. The van der Waals surface area contributed by atoms with Crippen molar-refractivity contribution in [2.45, 2.75) is 26.5 Å². The van der Waals surface area contributed by atoms with Crippen LogP contribution in [0.5, 0.6) is 0 Å². The van der Waals surface area contributed by atoms with Crippen LogP contribution in [0.15, 0.2) is 23.5 Å². The molecule has 1 unspecified atom stereocenters. The van der Waals surface area contributed by atoms with Crippen molar-refractivity contribution in [1.29, 1.82) is 0 Å². The molecule has 0 aromatic carbocycles. The normalized spacial score (nSPS) is 26.4. The van der Waals surface area contributed by atoms with E-state index in [1.54, 1.807) is 7.05 Å². The summed E-state index contributed by atoms with van der Waals surface area (Å²) in [6.45, 7) is 5.66. The molecule has 0 spiro atoms. The Morgan fingerprint density at radius 3 is 2.38 bits per heavy atom. The molecule has 1 aliphatic carbocycles. The molecule has 90 valence electrons. The van der Waals surface area contributed by atoms with Crippen LogP contribution >= 0.6 is 0 Å². The van der Waals surface area contributed by atoms with Crippen molar-refractivity contribution < 1.29 is 15.0 Å². The van der Waals surface area contributed by atoms with Crippen LogP contribution in [0.4, 0.5) is 0 Å². The Morgan fingerprint density at radius 1 is 1.38 bits per heavy atom. The topological polar surface area (TPSA) is 81.6 Å². The van der Waals surface area contributed by atoms with Crippen LogP contribution in [0.3, 0.4) is 0 Å². The lowest BCUT2D eigenvalue weighted by Gasteiger charge is -2.32. The molecule has 1 atom stereocenters. The molecular formula is C11H18N2O3. The summed E-state index contributed by atoms with van der Waals surface area (Å²) in [6, 6.07) is 0. The second-order valence-corrected chi connectivity index (χ2v) is 4.84. The number of rotatable bonds is 2. The fraction of sp³-hybridized carbons (Fsp3) is 0.545. The summed E-state index contributed by atoms with van der Waals surface area (Å²) in [5, 5.41) is 19.7. The van der Waals surface area contributed by atoms with Crippen LogP contribution in [0.25, 0.3) is 0 Å². The molecule has 1 aliphatic rings. The van der Waals surface area contributed by atoms with E-state index < -0.39 is 11.5 Å². The van der Waals surface area contributed by atoms with Gasteiger partial charge in [-0.15, -0.1) is 0 Å². The first-order valence-corrected chi connectivity index (χ1v) is 5.06. The number of nitrogens with one attached hydrogen (secondary N) is 2. The molecule has 0 saturated heterocycles. The van der Waals surface area contributed by atoms with Crippen molar-refractivity contribution in [2.24, 2.45) is 5.41 Å². The van der Waals surface area contributed by atoms with Gasteiger partial charge in [-0.05, 0) is 18.5 Å². The second-order valence-electron chi connectivity index (χ2n) is 4.84. The number of aliphatic hydroxyl groups excluding tert-OH is 1. The summed E-state index contributed by atoms with van der Waals surface area (Å²) in [5.41, 5.74) is 3.34. The molecular weight excluding hydrogens is 208 g/mol. The Kier molecular flexibility index (Phi) is 3.23. The molecule has 5 nitrogen and oxygen atoms in total. The average Bonchev–Trinajstić information content (AvgIpc) is 2.10. The first-order valence-electron chi connectivity index (χ1n) is 5.06. The number of carbonyl (C=O) groups is 1. The van der Waals surface area contributed by atoms with Gasteiger partial charge in [-0.3, -0.25) is 10.2 Å². The minimum absolute atomic E-state index is 0.0971. The third-order valence-corrected chi connectivity index (χ3v) is 2.40. The SMILES string of the molecule is CNNC1(O)C=C(C(C)(C)C)C(O)=CC1=O. The molecule has 16 heavy (non-hydrogen) atoms. The van der Waals surface area contributed by atoms with E-state index in [1.807, 2.05) is 20.8 Å². The van der Waals surface area contributed by atoms with Crippen molar-refractivity contribution in [3.8, 4) is 0 Å². The first kappa shape index (κ1) is 12.9. The number of hydrogen-bond acceptors (Lipinski definition) is 5. The highest BCUT2D eigenvalue weighted by atomic mass is 16.3. The largest absolute Gasteiger partial charge is 0.508 e. The Hall–Kier alpha value is -1.17. The van der Waals surface area contributed by atoms with Gasteiger partial charge in [0.2, 0.25) is 11.5 Å². The Labute approximate surface area is 94.8 Å². The van der Waals surface area contributed by atoms with Crippen molar-refractivity contribution in [3.63, 3.8) is 0 Å². The van der Waals surface area contributed by atoms with Crippen molar-refractivity contribution in [3.05, 3.63) is 23.5 Å². The third kappa shape index (κ3) is 2.32. The van der Waals surface area contributed by atoms with Gasteiger partial charge in [0.25, 0.3) is 0 Å². The maximum atomic E-state index is 11.6. The number of ketones is 1. The number of allylic oxidation sites excluding steroid dienone is 1. The summed E-state index contributed by atoms with van der Waals surface area (Å²) in [5.74, 6) is -0.701. The summed E-state index contributed by atoms with van der Waals surface area (Å²) < 4.78 is 0. The average molecular weight is 226 g/mol. The monoisotopic (exact) mass is 226 g/mol. The van der Waals surface area contributed by atoms with E-state index in [1.165, 1.54) is 6.08 Å². The lowest BCUT2D eigenvalue weighted by molar-refractivity contribution is -0.132. The van der Waals surface area contributed by atoms with Crippen LogP contribution in [0.1, 0.15) is 20.8 Å².